The molecule has 2 nitrogen and oxygen atoms in total. The van der Waals surface area contributed by atoms with Crippen molar-refractivity contribution < 1.29 is 9.53 Å². The van der Waals surface area contributed by atoms with Gasteiger partial charge in [-0.2, -0.15) is 11.8 Å². The van der Waals surface area contributed by atoms with Crippen LogP contribution in [0.15, 0.2) is 24.3 Å². The molecule has 0 saturated heterocycles. The number of hydrogen-bond donors (Lipinski definition) is 0. The predicted octanol–water partition coefficient (Wildman–Crippen LogP) is 3.12. The minimum absolute atomic E-state index is 0.222. The molecule has 1 aromatic rings. The van der Waals surface area contributed by atoms with Gasteiger partial charge in [-0.1, -0.05) is 19.1 Å². The molecule has 3 heteroatoms. The maximum atomic E-state index is 11.5. The fourth-order valence-electron chi connectivity index (χ4n) is 1.23. The quantitative estimate of drug-likeness (QED) is 0.719. The van der Waals surface area contributed by atoms with Gasteiger partial charge in [0.2, 0.25) is 0 Å². The van der Waals surface area contributed by atoms with Gasteiger partial charge in [0.15, 0.2) is 0 Å². The van der Waals surface area contributed by atoms with Crippen molar-refractivity contribution in [3.63, 3.8) is 0 Å². The van der Waals surface area contributed by atoms with Crippen molar-refractivity contribution >= 4 is 17.7 Å². The van der Waals surface area contributed by atoms with E-state index in [0.29, 0.717) is 12.2 Å². The number of ether oxygens (including phenoxy) is 1. The molecule has 0 amide bonds. The highest BCUT2D eigenvalue weighted by Gasteiger charge is 2.06. The summed E-state index contributed by atoms with van der Waals surface area (Å²) in [6.07, 6.45) is 2.90. The maximum absolute atomic E-state index is 11.5. The van der Waals surface area contributed by atoms with Crippen molar-refractivity contribution in [1.82, 2.24) is 0 Å². The molecule has 0 aliphatic rings. The molecule has 0 aromatic heterocycles. The zero-order valence-electron chi connectivity index (χ0n) is 9.16. The molecule has 0 aliphatic carbocycles. The molecule has 0 aliphatic heterocycles. The summed E-state index contributed by atoms with van der Waals surface area (Å²) in [5.74, 6) is 0.703. The largest absolute Gasteiger partial charge is 0.462 e. The summed E-state index contributed by atoms with van der Waals surface area (Å²) in [5, 5.41) is 0. The SMILES string of the molecule is CCCOC(=O)c1cccc(CSC)c1. The van der Waals surface area contributed by atoms with E-state index < -0.39 is 0 Å². The molecule has 0 spiro atoms. The van der Waals surface area contributed by atoms with Gasteiger partial charge in [-0.3, -0.25) is 0 Å². The van der Waals surface area contributed by atoms with E-state index in [2.05, 4.69) is 0 Å². The van der Waals surface area contributed by atoms with Crippen molar-refractivity contribution in [2.45, 2.75) is 19.1 Å². The first-order valence-corrected chi connectivity index (χ1v) is 6.42. The van der Waals surface area contributed by atoms with E-state index in [1.54, 1.807) is 17.8 Å². The van der Waals surface area contributed by atoms with E-state index >= 15 is 0 Å². The summed E-state index contributed by atoms with van der Waals surface area (Å²) < 4.78 is 5.06. The minimum Gasteiger partial charge on any atom is -0.462 e. The first-order valence-electron chi connectivity index (χ1n) is 5.03. The lowest BCUT2D eigenvalue weighted by molar-refractivity contribution is 0.0505. The smallest absolute Gasteiger partial charge is 0.338 e. The van der Waals surface area contributed by atoms with Gasteiger partial charge in [0.05, 0.1) is 12.2 Å². The first kappa shape index (κ1) is 12.1. The highest BCUT2D eigenvalue weighted by molar-refractivity contribution is 7.97. The van der Waals surface area contributed by atoms with Gasteiger partial charge in [-0.05, 0) is 30.4 Å². The summed E-state index contributed by atoms with van der Waals surface area (Å²) >= 11 is 1.74. The van der Waals surface area contributed by atoms with Crippen LogP contribution in [-0.4, -0.2) is 18.8 Å². The van der Waals surface area contributed by atoms with Crippen LogP contribution >= 0.6 is 11.8 Å². The van der Waals surface area contributed by atoms with Gasteiger partial charge in [0, 0.05) is 5.75 Å². The second kappa shape index (κ2) is 6.51. The molecule has 0 unspecified atom stereocenters. The highest BCUT2D eigenvalue weighted by atomic mass is 32.2. The van der Waals surface area contributed by atoms with Crippen LogP contribution in [0.5, 0.6) is 0 Å². The topological polar surface area (TPSA) is 26.3 Å². The van der Waals surface area contributed by atoms with Crippen LogP contribution in [0, 0.1) is 0 Å². The number of hydrogen-bond acceptors (Lipinski definition) is 3. The molecule has 0 heterocycles. The molecule has 0 atom stereocenters. The number of rotatable bonds is 5. The normalized spacial score (nSPS) is 10.0. The Morgan fingerprint density at radius 1 is 1.47 bits per heavy atom. The molecule has 0 saturated carbocycles. The van der Waals surface area contributed by atoms with Crippen molar-refractivity contribution in [3.8, 4) is 0 Å². The Hall–Kier alpha value is -0.960. The molecule has 82 valence electrons. The summed E-state index contributed by atoms with van der Waals surface area (Å²) in [7, 11) is 0. The minimum atomic E-state index is -0.222. The number of thioether (sulfide) groups is 1. The summed E-state index contributed by atoms with van der Waals surface area (Å²) in [6, 6.07) is 7.61. The Morgan fingerprint density at radius 3 is 2.93 bits per heavy atom. The Balaban J connectivity index is 2.67. The zero-order chi connectivity index (χ0) is 11.1. The van der Waals surface area contributed by atoms with Gasteiger partial charge in [-0.25, -0.2) is 4.79 Å². The predicted molar refractivity (Wildman–Crippen MR) is 64.2 cm³/mol. The zero-order valence-corrected chi connectivity index (χ0v) is 9.97. The second-order valence-electron chi connectivity index (χ2n) is 3.27. The van der Waals surface area contributed by atoms with E-state index in [4.69, 9.17) is 4.74 Å². The monoisotopic (exact) mass is 224 g/mol. The number of benzene rings is 1. The van der Waals surface area contributed by atoms with Gasteiger partial charge in [0.25, 0.3) is 0 Å². The lowest BCUT2D eigenvalue weighted by atomic mass is 10.1. The maximum Gasteiger partial charge on any atom is 0.338 e. The Bertz CT molecular complexity index is 323. The van der Waals surface area contributed by atoms with E-state index in [1.165, 1.54) is 0 Å². The second-order valence-corrected chi connectivity index (χ2v) is 4.14. The van der Waals surface area contributed by atoms with Gasteiger partial charge < -0.3 is 4.74 Å². The fourth-order valence-corrected chi connectivity index (χ4v) is 1.75. The van der Waals surface area contributed by atoms with Crippen LogP contribution in [0.2, 0.25) is 0 Å². The average molecular weight is 224 g/mol. The number of carbonyl (C=O) groups is 1. The Kier molecular flexibility index (Phi) is 5.26. The standard InChI is InChI=1S/C12H16O2S/c1-3-7-14-12(13)11-6-4-5-10(8-11)9-15-2/h4-6,8H,3,7,9H2,1-2H3. The third-order valence-corrected chi connectivity index (χ3v) is 2.53. The molecule has 1 aromatic carbocycles. The van der Waals surface area contributed by atoms with Crippen molar-refractivity contribution in [3.05, 3.63) is 35.4 Å². The molecular weight excluding hydrogens is 208 g/mol. The molecule has 0 bridgehead atoms. The van der Waals surface area contributed by atoms with E-state index in [-0.39, 0.29) is 5.97 Å². The molecule has 0 fully saturated rings. The Labute approximate surface area is 95.0 Å². The lowest BCUT2D eigenvalue weighted by Crippen LogP contribution is -2.06. The van der Waals surface area contributed by atoms with E-state index in [9.17, 15) is 4.79 Å². The van der Waals surface area contributed by atoms with Gasteiger partial charge in [0.1, 0.15) is 0 Å². The summed E-state index contributed by atoms with van der Waals surface area (Å²) in [6.45, 7) is 2.48. The van der Waals surface area contributed by atoms with Gasteiger partial charge >= 0.3 is 5.97 Å². The third kappa shape index (κ3) is 3.96. The summed E-state index contributed by atoms with van der Waals surface area (Å²) in [4.78, 5) is 11.5. The first-order chi connectivity index (χ1) is 7.27. The van der Waals surface area contributed by atoms with Crippen molar-refractivity contribution in [2.24, 2.45) is 0 Å². The Morgan fingerprint density at radius 2 is 2.27 bits per heavy atom. The number of carbonyl (C=O) groups excluding carboxylic acids is 1. The third-order valence-electron chi connectivity index (χ3n) is 1.91. The van der Waals surface area contributed by atoms with E-state index in [1.807, 2.05) is 31.4 Å². The van der Waals surface area contributed by atoms with Crippen LogP contribution in [0.1, 0.15) is 29.3 Å². The molecule has 0 radical (unpaired) electrons. The van der Waals surface area contributed by atoms with Crippen molar-refractivity contribution in [1.29, 1.82) is 0 Å². The van der Waals surface area contributed by atoms with Crippen LogP contribution < -0.4 is 0 Å². The molecule has 15 heavy (non-hydrogen) atoms. The molecular formula is C12H16O2S. The lowest BCUT2D eigenvalue weighted by Gasteiger charge is -2.04. The van der Waals surface area contributed by atoms with E-state index in [0.717, 1.165) is 17.7 Å². The molecule has 1 rings (SSSR count). The van der Waals surface area contributed by atoms with Crippen LogP contribution in [0.25, 0.3) is 0 Å². The van der Waals surface area contributed by atoms with Gasteiger partial charge in [-0.15, -0.1) is 0 Å². The van der Waals surface area contributed by atoms with Crippen molar-refractivity contribution in [2.75, 3.05) is 12.9 Å². The van der Waals surface area contributed by atoms with Crippen LogP contribution in [0.3, 0.4) is 0 Å². The fraction of sp³-hybridized carbons (Fsp3) is 0.417. The van der Waals surface area contributed by atoms with Crippen LogP contribution in [0.4, 0.5) is 0 Å². The highest BCUT2D eigenvalue weighted by Crippen LogP contribution is 2.12. The average Bonchev–Trinajstić information content (AvgIpc) is 2.27. The summed E-state index contributed by atoms with van der Waals surface area (Å²) in [5.41, 5.74) is 1.81. The number of esters is 1. The van der Waals surface area contributed by atoms with Crippen LogP contribution in [-0.2, 0) is 10.5 Å². The molecule has 0 N–H and O–H groups in total.